The van der Waals surface area contributed by atoms with Crippen LogP contribution in [0.4, 0.5) is 5.69 Å². The third-order valence-corrected chi connectivity index (χ3v) is 5.14. The van der Waals surface area contributed by atoms with Gasteiger partial charge in [0.25, 0.3) is 11.8 Å². The molecule has 0 saturated carbocycles. The van der Waals surface area contributed by atoms with E-state index in [2.05, 4.69) is 10.6 Å². The van der Waals surface area contributed by atoms with Crippen LogP contribution in [0.5, 0.6) is 0 Å². The number of carbonyl (C=O) groups excluding carboxylic acids is 3. The van der Waals surface area contributed by atoms with E-state index in [9.17, 15) is 14.4 Å². The molecule has 3 rings (SSSR count). The fraction of sp³-hybridized carbons (Fsp3) is 0.348. The molecule has 2 N–H and O–H groups in total. The van der Waals surface area contributed by atoms with Crippen LogP contribution in [0.15, 0.2) is 48.5 Å². The number of carbonyl (C=O) groups is 3. The summed E-state index contributed by atoms with van der Waals surface area (Å²) in [7, 11) is 0. The molecular formula is C23H27N3O3. The fourth-order valence-corrected chi connectivity index (χ4v) is 3.54. The highest BCUT2D eigenvalue weighted by Gasteiger charge is 2.34. The van der Waals surface area contributed by atoms with Gasteiger partial charge in [-0.1, -0.05) is 25.1 Å². The SMILES string of the molecule is CCCNC(=O)C1CCCN1C(=O)c1ccc(NC(=O)c2ccccc2C)cc1. The van der Waals surface area contributed by atoms with Gasteiger partial charge in [0.05, 0.1) is 0 Å². The second-order valence-corrected chi connectivity index (χ2v) is 7.29. The minimum absolute atomic E-state index is 0.0835. The third-order valence-electron chi connectivity index (χ3n) is 5.14. The van der Waals surface area contributed by atoms with E-state index in [1.165, 1.54) is 0 Å². The first-order valence-electron chi connectivity index (χ1n) is 10.1. The molecule has 1 fully saturated rings. The smallest absolute Gasteiger partial charge is 0.255 e. The van der Waals surface area contributed by atoms with Crippen LogP contribution < -0.4 is 10.6 Å². The summed E-state index contributed by atoms with van der Waals surface area (Å²) in [5.74, 6) is -0.426. The van der Waals surface area contributed by atoms with Crippen molar-refractivity contribution in [3.05, 3.63) is 65.2 Å². The van der Waals surface area contributed by atoms with E-state index >= 15 is 0 Å². The number of aryl methyl sites for hydroxylation is 1. The molecule has 1 aliphatic heterocycles. The summed E-state index contributed by atoms with van der Waals surface area (Å²) >= 11 is 0. The quantitative estimate of drug-likeness (QED) is 0.790. The standard InChI is InChI=1S/C23H27N3O3/c1-3-14-24-22(28)20-9-6-15-26(20)23(29)17-10-12-18(13-11-17)25-21(27)19-8-5-4-7-16(19)2/h4-5,7-8,10-13,20H,3,6,9,14-15H2,1-2H3,(H,24,28)(H,25,27). The van der Waals surface area contributed by atoms with Crippen LogP contribution in [0, 0.1) is 6.92 Å². The van der Waals surface area contributed by atoms with E-state index < -0.39 is 6.04 Å². The van der Waals surface area contributed by atoms with Crippen LogP contribution in [0.1, 0.15) is 52.5 Å². The minimum atomic E-state index is -0.408. The van der Waals surface area contributed by atoms with E-state index in [1.54, 1.807) is 35.2 Å². The molecule has 0 bridgehead atoms. The molecule has 1 saturated heterocycles. The summed E-state index contributed by atoms with van der Waals surface area (Å²) < 4.78 is 0. The molecule has 1 aliphatic rings. The molecule has 1 unspecified atom stereocenters. The highest BCUT2D eigenvalue weighted by Crippen LogP contribution is 2.21. The van der Waals surface area contributed by atoms with Gasteiger partial charge in [0.2, 0.25) is 5.91 Å². The zero-order valence-corrected chi connectivity index (χ0v) is 16.9. The first-order chi connectivity index (χ1) is 14.0. The number of benzene rings is 2. The topological polar surface area (TPSA) is 78.5 Å². The molecule has 3 amide bonds. The maximum absolute atomic E-state index is 12.9. The molecule has 2 aromatic carbocycles. The zero-order valence-electron chi connectivity index (χ0n) is 16.9. The molecule has 29 heavy (non-hydrogen) atoms. The predicted molar refractivity (Wildman–Crippen MR) is 113 cm³/mol. The van der Waals surface area contributed by atoms with Gasteiger partial charge in [0.1, 0.15) is 6.04 Å². The second-order valence-electron chi connectivity index (χ2n) is 7.29. The van der Waals surface area contributed by atoms with Gasteiger partial charge in [0.15, 0.2) is 0 Å². The number of nitrogens with zero attached hydrogens (tertiary/aromatic N) is 1. The zero-order chi connectivity index (χ0) is 20.8. The van der Waals surface area contributed by atoms with Crippen molar-refractivity contribution in [1.29, 1.82) is 0 Å². The Hall–Kier alpha value is -3.15. The number of rotatable bonds is 6. The molecule has 1 atom stereocenters. The average molecular weight is 393 g/mol. The maximum atomic E-state index is 12.9. The van der Waals surface area contributed by atoms with Gasteiger partial charge >= 0.3 is 0 Å². The van der Waals surface area contributed by atoms with Crippen LogP contribution >= 0.6 is 0 Å². The summed E-state index contributed by atoms with van der Waals surface area (Å²) in [4.78, 5) is 39.3. The normalized spacial score (nSPS) is 15.8. The lowest BCUT2D eigenvalue weighted by Crippen LogP contribution is -2.46. The third kappa shape index (κ3) is 4.83. The number of likely N-dealkylation sites (tertiary alicyclic amines) is 1. The molecule has 2 aromatic rings. The van der Waals surface area contributed by atoms with Crippen molar-refractivity contribution < 1.29 is 14.4 Å². The van der Waals surface area contributed by atoms with Gasteiger partial charge < -0.3 is 15.5 Å². The molecule has 0 radical (unpaired) electrons. The Labute approximate surface area is 171 Å². The van der Waals surface area contributed by atoms with E-state index in [1.807, 2.05) is 32.0 Å². The number of hydrogen-bond acceptors (Lipinski definition) is 3. The highest BCUT2D eigenvalue weighted by atomic mass is 16.2. The van der Waals surface area contributed by atoms with Gasteiger partial charge in [-0.05, 0) is 62.1 Å². The van der Waals surface area contributed by atoms with Crippen molar-refractivity contribution in [3.8, 4) is 0 Å². The summed E-state index contributed by atoms with van der Waals surface area (Å²) in [6, 6.07) is 13.8. The number of anilines is 1. The van der Waals surface area contributed by atoms with Crippen LogP contribution in [-0.2, 0) is 4.79 Å². The highest BCUT2D eigenvalue weighted by molar-refractivity contribution is 6.05. The van der Waals surface area contributed by atoms with Crippen molar-refractivity contribution in [2.75, 3.05) is 18.4 Å². The Morgan fingerprint density at radius 1 is 1.07 bits per heavy atom. The van der Waals surface area contributed by atoms with Crippen molar-refractivity contribution in [2.24, 2.45) is 0 Å². The van der Waals surface area contributed by atoms with Crippen LogP contribution in [-0.4, -0.2) is 41.8 Å². The molecule has 6 heteroatoms. The van der Waals surface area contributed by atoms with Crippen LogP contribution in [0.3, 0.4) is 0 Å². The summed E-state index contributed by atoms with van der Waals surface area (Å²) in [5.41, 5.74) is 2.64. The predicted octanol–water partition coefficient (Wildman–Crippen LogP) is 3.38. The fourth-order valence-electron chi connectivity index (χ4n) is 3.54. The molecule has 1 heterocycles. The summed E-state index contributed by atoms with van der Waals surface area (Å²) in [6.45, 7) is 5.08. The Balaban J connectivity index is 1.66. The maximum Gasteiger partial charge on any atom is 0.255 e. The Morgan fingerprint density at radius 3 is 2.48 bits per heavy atom. The Bertz CT molecular complexity index is 892. The molecule has 0 spiro atoms. The summed E-state index contributed by atoms with van der Waals surface area (Å²) in [6.07, 6.45) is 2.37. The molecular weight excluding hydrogens is 366 g/mol. The lowest BCUT2D eigenvalue weighted by atomic mass is 10.1. The summed E-state index contributed by atoms with van der Waals surface area (Å²) in [5, 5.41) is 5.74. The van der Waals surface area contributed by atoms with Crippen molar-refractivity contribution in [3.63, 3.8) is 0 Å². The molecule has 0 aromatic heterocycles. The van der Waals surface area contributed by atoms with E-state index in [0.29, 0.717) is 36.3 Å². The van der Waals surface area contributed by atoms with Crippen molar-refractivity contribution >= 4 is 23.4 Å². The molecule has 0 aliphatic carbocycles. The van der Waals surface area contributed by atoms with E-state index in [4.69, 9.17) is 0 Å². The van der Waals surface area contributed by atoms with Crippen molar-refractivity contribution in [2.45, 2.75) is 39.2 Å². The van der Waals surface area contributed by atoms with Crippen LogP contribution in [0.25, 0.3) is 0 Å². The Morgan fingerprint density at radius 2 is 1.79 bits per heavy atom. The van der Waals surface area contributed by atoms with Gasteiger partial charge in [0, 0.05) is 29.9 Å². The van der Waals surface area contributed by atoms with E-state index in [0.717, 1.165) is 18.4 Å². The lowest BCUT2D eigenvalue weighted by Gasteiger charge is -2.24. The number of amides is 3. The van der Waals surface area contributed by atoms with Crippen molar-refractivity contribution in [1.82, 2.24) is 10.2 Å². The second kappa shape index (κ2) is 9.37. The molecule has 6 nitrogen and oxygen atoms in total. The average Bonchev–Trinajstić information content (AvgIpc) is 3.22. The van der Waals surface area contributed by atoms with Gasteiger partial charge in [-0.2, -0.15) is 0 Å². The first kappa shape index (κ1) is 20.6. The number of nitrogens with one attached hydrogen (secondary N) is 2. The Kier molecular flexibility index (Phi) is 6.65. The number of hydrogen-bond donors (Lipinski definition) is 2. The van der Waals surface area contributed by atoms with Gasteiger partial charge in [-0.25, -0.2) is 0 Å². The van der Waals surface area contributed by atoms with Crippen LogP contribution in [0.2, 0.25) is 0 Å². The van der Waals surface area contributed by atoms with Gasteiger partial charge in [-0.15, -0.1) is 0 Å². The van der Waals surface area contributed by atoms with Gasteiger partial charge in [-0.3, -0.25) is 14.4 Å². The largest absolute Gasteiger partial charge is 0.354 e. The lowest BCUT2D eigenvalue weighted by molar-refractivity contribution is -0.124. The minimum Gasteiger partial charge on any atom is -0.354 e. The van der Waals surface area contributed by atoms with E-state index in [-0.39, 0.29) is 17.7 Å². The molecule has 152 valence electrons. The monoisotopic (exact) mass is 393 g/mol. The first-order valence-corrected chi connectivity index (χ1v) is 10.1.